The second kappa shape index (κ2) is 8.89. The van der Waals surface area contributed by atoms with Gasteiger partial charge in [-0.1, -0.05) is 42.5 Å². The van der Waals surface area contributed by atoms with Crippen molar-refractivity contribution in [1.82, 2.24) is 10.4 Å². The normalized spacial score (nSPS) is 26.7. The zero-order chi connectivity index (χ0) is 22.0. The lowest BCUT2D eigenvalue weighted by atomic mass is 9.85. The summed E-state index contributed by atoms with van der Waals surface area (Å²) in [5.41, 5.74) is 0.856. The molecule has 0 radical (unpaired) electrons. The van der Waals surface area contributed by atoms with Gasteiger partial charge in [0.1, 0.15) is 6.61 Å². The number of carbonyl (C=O) groups is 4. The molecular weight excluding hydrogens is 404 g/mol. The van der Waals surface area contributed by atoms with Gasteiger partial charge in [-0.2, -0.15) is 0 Å². The fourth-order valence-corrected chi connectivity index (χ4v) is 4.49. The van der Waals surface area contributed by atoms with E-state index >= 15 is 0 Å². The molecule has 1 saturated carbocycles. The van der Waals surface area contributed by atoms with Gasteiger partial charge in [0.2, 0.25) is 0 Å². The summed E-state index contributed by atoms with van der Waals surface area (Å²) in [4.78, 5) is 53.7. The van der Waals surface area contributed by atoms with Crippen molar-refractivity contribution in [3.8, 4) is 0 Å². The van der Waals surface area contributed by atoms with Crippen LogP contribution in [0.1, 0.15) is 24.8 Å². The lowest BCUT2D eigenvalue weighted by molar-refractivity contribution is -0.205. The average Bonchev–Trinajstić information content (AvgIpc) is 3.46. The lowest BCUT2D eigenvalue weighted by Gasteiger charge is -2.18. The fraction of sp³-hybridized carbons (Fsp3) is 0.455. The minimum Gasteiger partial charge on any atom is -0.445 e. The second-order valence-electron chi connectivity index (χ2n) is 8.03. The third kappa shape index (κ3) is 4.32. The molecule has 9 nitrogen and oxygen atoms in total. The number of nitrogens with one attached hydrogen (secondary N) is 1. The molecule has 5 unspecified atom stereocenters. The smallest absolute Gasteiger partial charge is 0.407 e. The molecule has 31 heavy (non-hydrogen) atoms. The predicted octanol–water partition coefficient (Wildman–Crippen LogP) is 1.32. The Morgan fingerprint density at radius 3 is 2.39 bits per heavy atom. The molecule has 164 valence electrons. The molecule has 2 N–H and O–H groups in total. The highest BCUT2D eigenvalue weighted by Gasteiger charge is 2.61. The number of carbonyl (C=O) groups excluding carboxylic acids is 4. The van der Waals surface area contributed by atoms with Crippen molar-refractivity contribution < 1.29 is 33.9 Å². The first kappa shape index (κ1) is 21.0. The Morgan fingerprint density at radius 1 is 1.10 bits per heavy atom. The van der Waals surface area contributed by atoms with Crippen LogP contribution in [0.3, 0.4) is 0 Å². The Kier molecular flexibility index (Phi) is 6.03. The first-order chi connectivity index (χ1) is 15.0. The van der Waals surface area contributed by atoms with Crippen LogP contribution in [0.25, 0.3) is 0 Å². The van der Waals surface area contributed by atoms with Gasteiger partial charge in [0.05, 0.1) is 11.8 Å². The zero-order valence-electron chi connectivity index (χ0n) is 16.8. The van der Waals surface area contributed by atoms with Crippen LogP contribution in [0, 0.1) is 23.7 Å². The summed E-state index contributed by atoms with van der Waals surface area (Å²) < 4.78 is 5.06. The quantitative estimate of drug-likeness (QED) is 0.364. The number of hydrogen-bond donors (Lipinski definition) is 2. The summed E-state index contributed by atoms with van der Waals surface area (Å²) in [6.45, 7) is 0.317. The summed E-state index contributed by atoms with van der Waals surface area (Å²) >= 11 is 0. The number of ether oxygens (including phenoxy) is 1. The van der Waals surface area contributed by atoms with Crippen LogP contribution < -0.4 is 5.32 Å². The number of hydroxylamine groups is 2. The van der Waals surface area contributed by atoms with Crippen molar-refractivity contribution in [2.24, 2.45) is 23.7 Å². The van der Waals surface area contributed by atoms with Crippen molar-refractivity contribution in [1.29, 1.82) is 0 Å². The highest BCUT2D eigenvalue weighted by Crippen LogP contribution is 2.52. The Morgan fingerprint density at radius 2 is 1.74 bits per heavy atom. The van der Waals surface area contributed by atoms with E-state index < -0.39 is 41.8 Å². The number of allylic oxidation sites excluding steroid dienone is 2. The second-order valence-corrected chi connectivity index (χ2v) is 8.03. The van der Waals surface area contributed by atoms with Crippen LogP contribution in [-0.2, 0) is 30.6 Å². The van der Waals surface area contributed by atoms with E-state index in [1.165, 1.54) is 0 Å². The third-order valence-corrected chi connectivity index (χ3v) is 6.02. The van der Waals surface area contributed by atoms with E-state index in [1.807, 2.05) is 42.5 Å². The Balaban J connectivity index is 1.15. The largest absolute Gasteiger partial charge is 0.445 e. The maximum atomic E-state index is 12.5. The van der Waals surface area contributed by atoms with E-state index in [0.717, 1.165) is 12.0 Å². The van der Waals surface area contributed by atoms with Crippen LogP contribution >= 0.6 is 0 Å². The summed E-state index contributed by atoms with van der Waals surface area (Å²) in [7, 11) is 0. The van der Waals surface area contributed by atoms with Crippen molar-refractivity contribution >= 4 is 23.9 Å². The molecule has 9 heteroatoms. The van der Waals surface area contributed by atoms with Gasteiger partial charge in [-0.05, 0) is 36.7 Å². The molecular formula is C22H24N2O7. The highest BCUT2D eigenvalue weighted by atomic mass is 16.7. The molecule has 0 spiro atoms. The maximum Gasteiger partial charge on any atom is 0.407 e. The molecule has 4 rings (SSSR count). The van der Waals surface area contributed by atoms with Gasteiger partial charge in [0, 0.05) is 6.54 Å². The number of rotatable bonds is 8. The number of nitrogens with zero attached hydrogens (tertiary/aromatic N) is 1. The number of alkyl carbamates (subject to hydrolysis) is 1. The molecule has 2 bridgehead atoms. The summed E-state index contributed by atoms with van der Waals surface area (Å²) in [5.74, 6) is -3.03. The first-order valence-electron chi connectivity index (χ1n) is 10.4. The zero-order valence-corrected chi connectivity index (χ0v) is 16.8. The Hall–Kier alpha value is -3.20. The van der Waals surface area contributed by atoms with Crippen LogP contribution in [0.4, 0.5) is 4.79 Å². The molecule has 1 saturated heterocycles. The average molecular weight is 428 g/mol. The number of fused-ring (bicyclic) bond motifs is 5. The van der Waals surface area contributed by atoms with Crippen LogP contribution in [0.2, 0.25) is 0 Å². The standard InChI is InChI=1S/C22H24N2O7/c25-16(7-4-10-23-22(29)30-12-13-5-2-1-3-6-13)21(28)31-24-19(26)17-14-8-9-15(11-14)18(17)20(24)27/h1-3,5-6,8-9,14-18,25H,4,7,10-12H2,(H,23,29). The van der Waals surface area contributed by atoms with Crippen LogP contribution in [0.15, 0.2) is 42.5 Å². The van der Waals surface area contributed by atoms with E-state index in [2.05, 4.69) is 5.32 Å². The van der Waals surface area contributed by atoms with Crippen molar-refractivity contribution in [2.75, 3.05) is 6.54 Å². The van der Waals surface area contributed by atoms with Gasteiger partial charge >= 0.3 is 12.1 Å². The molecule has 5 atom stereocenters. The maximum absolute atomic E-state index is 12.5. The minimum absolute atomic E-state index is 0.00627. The molecule has 2 fully saturated rings. The monoisotopic (exact) mass is 428 g/mol. The molecule has 2 aliphatic carbocycles. The van der Waals surface area contributed by atoms with Crippen LogP contribution in [0.5, 0.6) is 0 Å². The number of amides is 3. The SMILES string of the molecule is O=C(NCCCC(O)C(=O)ON1C(=O)C2C3C=CC(C3)C2C1=O)OCc1ccccc1. The van der Waals surface area contributed by atoms with E-state index in [9.17, 15) is 24.3 Å². The third-order valence-electron chi connectivity index (χ3n) is 6.02. The van der Waals surface area contributed by atoms with E-state index in [4.69, 9.17) is 9.57 Å². The molecule has 0 aromatic heterocycles. The number of aliphatic hydroxyl groups is 1. The molecule has 1 aromatic rings. The minimum atomic E-state index is -1.52. The predicted molar refractivity (Wildman–Crippen MR) is 106 cm³/mol. The molecule has 3 amide bonds. The lowest BCUT2D eigenvalue weighted by Crippen LogP contribution is -2.39. The number of imide groups is 1. The summed E-state index contributed by atoms with van der Waals surface area (Å²) in [6, 6.07) is 9.21. The fourth-order valence-electron chi connectivity index (χ4n) is 4.49. The molecule has 3 aliphatic rings. The van der Waals surface area contributed by atoms with Gasteiger partial charge in [-0.25, -0.2) is 9.59 Å². The summed E-state index contributed by atoms with van der Waals surface area (Å²) in [5, 5.41) is 13.1. The highest BCUT2D eigenvalue weighted by molar-refractivity contribution is 6.06. The first-order valence-corrected chi connectivity index (χ1v) is 10.4. The van der Waals surface area contributed by atoms with Gasteiger partial charge < -0.3 is 20.0 Å². The van der Waals surface area contributed by atoms with E-state index in [1.54, 1.807) is 0 Å². The van der Waals surface area contributed by atoms with E-state index in [-0.39, 0.29) is 37.8 Å². The number of benzene rings is 1. The topological polar surface area (TPSA) is 122 Å². The molecule has 1 aliphatic heterocycles. The summed E-state index contributed by atoms with van der Waals surface area (Å²) in [6.07, 6.45) is 2.80. The van der Waals surface area contributed by atoms with Gasteiger partial charge in [-0.3, -0.25) is 9.59 Å². The van der Waals surface area contributed by atoms with Crippen LogP contribution in [-0.4, -0.2) is 46.7 Å². The van der Waals surface area contributed by atoms with Crippen molar-refractivity contribution in [2.45, 2.75) is 32.0 Å². The van der Waals surface area contributed by atoms with E-state index in [0.29, 0.717) is 5.06 Å². The van der Waals surface area contributed by atoms with Crippen molar-refractivity contribution in [3.05, 3.63) is 48.0 Å². The Bertz CT molecular complexity index is 870. The Labute approximate surface area is 178 Å². The van der Waals surface area contributed by atoms with Gasteiger partial charge in [-0.15, -0.1) is 5.06 Å². The van der Waals surface area contributed by atoms with Gasteiger partial charge in [0.15, 0.2) is 6.10 Å². The number of aliphatic hydroxyl groups excluding tert-OH is 1. The van der Waals surface area contributed by atoms with Gasteiger partial charge in [0.25, 0.3) is 11.8 Å². The molecule has 1 heterocycles. The number of hydrogen-bond acceptors (Lipinski definition) is 7. The molecule has 1 aromatic carbocycles. The van der Waals surface area contributed by atoms with Crippen molar-refractivity contribution in [3.63, 3.8) is 0 Å².